The van der Waals surface area contributed by atoms with Crippen LogP contribution in [0.1, 0.15) is 31.7 Å². The van der Waals surface area contributed by atoms with Crippen molar-refractivity contribution in [2.75, 3.05) is 87.9 Å². The molecule has 232 valence electrons. The van der Waals surface area contributed by atoms with E-state index in [4.69, 9.17) is 4.98 Å². The van der Waals surface area contributed by atoms with Crippen molar-refractivity contribution >= 4 is 44.7 Å². The molecule has 0 saturated carbocycles. The minimum Gasteiger partial charge on any atom is -0.367 e. The van der Waals surface area contributed by atoms with Crippen molar-refractivity contribution in [2.24, 2.45) is 0 Å². The van der Waals surface area contributed by atoms with Gasteiger partial charge in [0.25, 0.3) is 0 Å². The first-order chi connectivity index (χ1) is 20.9. The lowest BCUT2D eigenvalue weighted by atomic mass is 10.1. The second-order valence-corrected chi connectivity index (χ2v) is 13.7. The second kappa shape index (κ2) is 15.3. The van der Waals surface area contributed by atoms with E-state index in [0.717, 1.165) is 86.3 Å². The number of amides is 1. The number of carbonyl (C=O) groups is 1. The molecule has 0 radical (unpaired) electrons. The fraction of sp³-hybridized carbons (Fsp3) is 0.500. The van der Waals surface area contributed by atoms with Crippen LogP contribution in [-0.4, -0.2) is 103 Å². The lowest BCUT2D eigenvalue weighted by Crippen LogP contribution is -2.47. The Bertz CT molecular complexity index is 1360. The number of likely N-dealkylation sites (N-methyl/N-ethyl adjacent to an activating group) is 2. The molecule has 2 N–H and O–H groups in total. The molecular weight excluding hydrogens is 579 g/mol. The average Bonchev–Trinajstić information content (AvgIpc) is 3.47. The van der Waals surface area contributed by atoms with Gasteiger partial charge in [-0.2, -0.15) is 0 Å². The van der Waals surface area contributed by atoms with Crippen LogP contribution in [0.4, 0.5) is 16.5 Å². The molecule has 1 unspecified atom stereocenters. The maximum atomic E-state index is 13.5. The molecule has 2 aliphatic rings. The topological polar surface area (TPSA) is 84.0 Å². The molecule has 43 heavy (non-hydrogen) atoms. The Hall–Kier alpha value is -2.83. The predicted octanol–water partition coefficient (Wildman–Crippen LogP) is 4.62. The van der Waals surface area contributed by atoms with Gasteiger partial charge in [-0.15, -0.1) is 11.3 Å². The van der Waals surface area contributed by atoms with Crippen molar-refractivity contribution in [3.63, 3.8) is 0 Å². The first kappa shape index (κ1) is 31.6. The Morgan fingerprint density at radius 3 is 2.33 bits per heavy atom. The molecule has 2 saturated heterocycles. The van der Waals surface area contributed by atoms with E-state index in [0.29, 0.717) is 11.7 Å². The van der Waals surface area contributed by atoms with Gasteiger partial charge in [0.1, 0.15) is 11.0 Å². The maximum absolute atomic E-state index is 13.5. The van der Waals surface area contributed by atoms with Crippen LogP contribution in [0.2, 0.25) is 0 Å². The molecule has 0 aliphatic carbocycles. The summed E-state index contributed by atoms with van der Waals surface area (Å²) in [5, 5.41) is 5.54. The fourth-order valence-corrected chi connectivity index (χ4v) is 7.05. The van der Waals surface area contributed by atoms with Gasteiger partial charge in [-0.25, -0.2) is 9.19 Å². The third-order valence-corrected chi connectivity index (χ3v) is 10.1. The van der Waals surface area contributed by atoms with E-state index in [1.54, 1.807) is 0 Å². The summed E-state index contributed by atoms with van der Waals surface area (Å²) >= 11 is 1.43. The van der Waals surface area contributed by atoms with Crippen molar-refractivity contribution in [3.05, 3.63) is 53.4 Å². The zero-order chi connectivity index (χ0) is 30.2. The highest BCUT2D eigenvalue weighted by molar-refractivity contribution is 7.86. The van der Waals surface area contributed by atoms with E-state index < -0.39 is 11.0 Å². The van der Waals surface area contributed by atoms with Gasteiger partial charge < -0.3 is 20.0 Å². The number of benzene rings is 2. The maximum Gasteiger partial charge on any atom is 0.240 e. The van der Waals surface area contributed by atoms with E-state index in [1.165, 1.54) is 36.2 Å². The van der Waals surface area contributed by atoms with E-state index in [1.807, 2.05) is 23.6 Å². The van der Waals surface area contributed by atoms with Crippen LogP contribution in [0.5, 0.6) is 0 Å². The first-order valence-corrected chi connectivity index (χ1v) is 17.4. The molecular formula is C32H45N7O2S2. The summed E-state index contributed by atoms with van der Waals surface area (Å²) in [4.78, 5) is 27.3. The summed E-state index contributed by atoms with van der Waals surface area (Å²) in [5.74, 6) is -0.0370. The van der Waals surface area contributed by atoms with Crippen LogP contribution in [-0.2, 0) is 22.2 Å². The molecule has 1 atom stereocenters. The van der Waals surface area contributed by atoms with E-state index in [-0.39, 0.29) is 5.91 Å². The molecule has 3 aromatic rings. The van der Waals surface area contributed by atoms with Crippen LogP contribution < -0.4 is 14.9 Å². The lowest BCUT2D eigenvalue weighted by molar-refractivity contribution is -0.117. The molecule has 0 bridgehead atoms. The highest BCUT2D eigenvalue weighted by Crippen LogP contribution is 2.34. The molecule has 2 fully saturated rings. The van der Waals surface area contributed by atoms with Gasteiger partial charge in [-0.05, 0) is 56.8 Å². The van der Waals surface area contributed by atoms with E-state index >= 15 is 0 Å². The highest BCUT2D eigenvalue weighted by Gasteiger charge is 2.21. The van der Waals surface area contributed by atoms with Crippen molar-refractivity contribution in [2.45, 2.75) is 37.5 Å². The Kier molecular flexibility index (Phi) is 11.2. The largest absolute Gasteiger partial charge is 0.367 e. The Labute approximate surface area is 262 Å². The number of rotatable bonds is 12. The standard InChI is InChI=1S/C32H45N7O2S2/c1-4-5-6-7-25-8-11-27(12-9-25)43(41)35-28-22-26(10-13-30(28)39-20-16-37(3)17-21-39)29-24-42-32(33-29)34-31(40)23-38-18-14-36(2)15-19-38/h8-13,22,24,35H,4-7,14-21,23H2,1-3H3,(H,33,34,40). The third kappa shape index (κ3) is 8.86. The lowest BCUT2D eigenvalue weighted by Gasteiger charge is -2.35. The normalized spacial score (nSPS) is 17.6. The fourth-order valence-electron chi connectivity index (χ4n) is 5.45. The van der Waals surface area contributed by atoms with Crippen LogP contribution in [0.3, 0.4) is 0 Å². The zero-order valence-corrected chi connectivity index (χ0v) is 27.3. The summed E-state index contributed by atoms with van der Waals surface area (Å²) in [7, 11) is 2.84. The van der Waals surface area contributed by atoms with E-state index in [9.17, 15) is 9.00 Å². The molecule has 9 nitrogen and oxygen atoms in total. The number of thiazole rings is 1. The highest BCUT2D eigenvalue weighted by atomic mass is 32.2. The Morgan fingerprint density at radius 1 is 0.930 bits per heavy atom. The second-order valence-electron chi connectivity index (χ2n) is 11.7. The number of hydrogen-bond donors (Lipinski definition) is 2. The number of aryl methyl sites for hydroxylation is 1. The third-order valence-electron chi connectivity index (χ3n) is 8.26. The smallest absolute Gasteiger partial charge is 0.240 e. The van der Waals surface area contributed by atoms with Gasteiger partial charge in [0.05, 0.1) is 28.5 Å². The summed E-state index contributed by atoms with van der Waals surface area (Å²) in [6, 6.07) is 14.3. The van der Waals surface area contributed by atoms with Crippen LogP contribution in [0.25, 0.3) is 11.3 Å². The summed E-state index contributed by atoms with van der Waals surface area (Å²) in [6.45, 7) is 10.1. The van der Waals surface area contributed by atoms with Gasteiger partial charge in [-0.1, -0.05) is 38.0 Å². The summed E-state index contributed by atoms with van der Waals surface area (Å²) < 4.78 is 16.9. The van der Waals surface area contributed by atoms with Crippen molar-refractivity contribution in [1.82, 2.24) is 19.7 Å². The predicted molar refractivity (Wildman–Crippen MR) is 180 cm³/mol. The molecule has 2 aromatic carbocycles. The monoisotopic (exact) mass is 623 g/mol. The number of anilines is 3. The first-order valence-electron chi connectivity index (χ1n) is 15.4. The summed E-state index contributed by atoms with van der Waals surface area (Å²) in [6.07, 6.45) is 4.66. The number of nitrogens with one attached hydrogen (secondary N) is 2. The van der Waals surface area contributed by atoms with E-state index in [2.05, 4.69) is 74.9 Å². The summed E-state index contributed by atoms with van der Waals surface area (Å²) in [5.41, 5.74) is 4.84. The number of nitrogens with zero attached hydrogens (tertiary/aromatic N) is 5. The van der Waals surface area contributed by atoms with Crippen molar-refractivity contribution in [1.29, 1.82) is 0 Å². The quantitative estimate of drug-likeness (QED) is 0.285. The van der Waals surface area contributed by atoms with Gasteiger partial charge in [0.15, 0.2) is 5.13 Å². The number of unbranched alkanes of at least 4 members (excludes halogenated alkanes) is 2. The van der Waals surface area contributed by atoms with Crippen LogP contribution in [0, 0.1) is 0 Å². The van der Waals surface area contributed by atoms with Gasteiger partial charge in [0, 0.05) is 63.3 Å². The average molecular weight is 624 g/mol. The van der Waals surface area contributed by atoms with Crippen molar-refractivity contribution in [3.8, 4) is 11.3 Å². The molecule has 11 heteroatoms. The van der Waals surface area contributed by atoms with Gasteiger partial charge in [0.2, 0.25) is 5.91 Å². The van der Waals surface area contributed by atoms with Crippen molar-refractivity contribution < 1.29 is 9.00 Å². The molecule has 3 heterocycles. The van der Waals surface area contributed by atoms with Gasteiger partial charge >= 0.3 is 0 Å². The molecule has 0 spiro atoms. The number of carbonyl (C=O) groups excluding carboxylic acids is 1. The van der Waals surface area contributed by atoms with Gasteiger partial charge in [-0.3, -0.25) is 14.4 Å². The minimum atomic E-state index is -1.41. The minimum absolute atomic E-state index is 0.0370. The number of hydrogen-bond acceptors (Lipinski definition) is 8. The molecule has 5 rings (SSSR count). The molecule has 1 aromatic heterocycles. The molecule has 2 aliphatic heterocycles. The van der Waals surface area contributed by atoms with Crippen LogP contribution >= 0.6 is 11.3 Å². The van der Waals surface area contributed by atoms with Crippen LogP contribution in [0.15, 0.2) is 52.7 Å². The molecule has 1 amide bonds. The number of piperazine rings is 2. The zero-order valence-electron chi connectivity index (χ0n) is 25.7. The SMILES string of the molecule is CCCCCc1ccc(S(=O)Nc2cc(-c3csc(NC(=O)CN4CCN(C)CC4)n3)ccc2N2CCN(C)CC2)cc1. The Morgan fingerprint density at radius 2 is 1.63 bits per heavy atom. The Balaban J connectivity index is 1.30. The number of aromatic nitrogens is 1.